The molecule has 1 N–H and O–H groups in total. The Labute approximate surface area is 131 Å². The Kier molecular flexibility index (Phi) is 4.53. The minimum Gasteiger partial charge on any atom is -0.396 e. The van der Waals surface area contributed by atoms with Crippen LogP contribution in [0, 0.1) is 17.2 Å². The monoisotopic (exact) mass is 292 g/mol. The molecule has 2 atom stereocenters. The summed E-state index contributed by atoms with van der Waals surface area (Å²) in [4.78, 5) is 2.39. The molecule has 0 unspecified atom stereocenters. The topological polar surface area (TPSA) is 47.3 Å². The number of aliphatic hydroxyl groups is 1. The van der Waals surface area contributed by atoms with Crippen molar-refractivity contribution in [2.45, 2.75) is 12.5 Å². The van der Waals surface area contributed by atoms with Gasteiger partial charge in [0.05, 0.1) is 11.6 Å². The highest BCUT2D eigenvalue weighted by atomic mass is 16.3. The van der Waals surface area contributed by atoms with Crippen LogP contribution in [-0.4, -0.2) is 29.7 Å². The van der Waals surface area contributed by atoms with Crippen molar-refractivity contribution in [3.63, 3.8) is 0 Å². The van der Waals surface area contributed by atoms with Gasteiger partial charge in [-0.1, -0.05) is 42.5 Å². The highest BCUT2D eigenvalue weighted by molar-refractivity contribution is 5.35. The summed E-state index contributed by atoms with van der Waals surface area (Å²) in [6.07, 6.45) is 0. The molecule has 1 fully saturated rings. The smallest absolute Gasteiger partial charge is 0.0991 e. The fraction of sp³-hybridized carbons (Fsp3) is 0.316. The summed E-state index contributed by atoms with van der Waals surface area (Å²) in [5, 5.41) is 18.8. The first-order chi connectivity index (χ1) is 10.8. The largest absolute Gasteiger partial charge is 0.396 e. The number of nitriles is 1. The minimum absolute atomic E-state index is 0.187. The van der Waals surface area contributed by atoms with Crippen molar-refractivity contribution in [1.29, 1.82) is 5.26 Å². The lowest BCUT2D eigenvalue weighted by molar-refractivity contribution is 0.214. The van der Waals surface area contributed by atoms with Crippen molar-refractivity contribution in [3.05, 3.63) is 71.3 Å². The predicted molar refractivity (Wildman–Crippen MR) is 86.2 cm³/mol. The molecule has 3 rings (SSSR count). The minimum atomic E-state index is 0.187. The first-order valence-electron chi connectivity index (χ1n) is 7.67. The SMILES string of the molecule is N#Cc1cccc([C@H]2CN(Cc3ccccc3)C[C@@H]2CO)c1. The van der Waals surface area contributed by atoms with E-state index in [1.54, 1.807) is 0 Å². The average molecular weight is 292 g/mol. The molecule has 0 aliphatic carbocycles. The van der Waals surface area contributed by atoms with E-state index in [0.717, 1.165) is 25.2 Å². The van der Waals surface area contributed by atoms with Crippen molar-refractivity contribution in [1.82, 2.24) is 4.90 Å². The van der Waals surface area contributed by atoms with Crippen LogP contribution in [0.1, 0.15) is 22.6 Å². The molecule has 1 aliphatic rings. The van der Waals surface area contributed by atoms with Gasteiger partial charge in [-0.25, -0.2) is 0 Å². The Morgan fingerprint density at radius 1 is 1.09 bits per heavy atom. The molecule has 0 radical (unpaired) electrons. The van der Waals surface area contributed by atoms with Crippen LogP contribution in [0.5, 0.6) is 0 Å². The van der Waals surface area contributed by atoms with Crippen LogP contribution in [-0.2, 0) is 6.54 Å². The van der Waals surface area contributed by atoms with Crippen LogP contribution in [0.4, 0.5) is 0 Å². The molecule has 0 aromatic heterocycles. The summed E-state index contributed by atoms with van der Waals surface area (Å²) >= 11 is 0. The molecule has 0 bridgehead atoms. The Balaban J connectivity index is 1.76. The first kappa shape index (κ1) is 14.8. The van der Waals surface area contributed by atoms with Crippen molar-refractivity contribution < 1.29 is 5.11 Å². The quantitative estimate of drug-likeness (QED) is 0.942. The van der Waals surface area contributed by atoms with Crippen LogP contribution in [0.3, 0.4) is 0 Å². The van der Waals surface area contributed by atoms with Crippen LogP contribution in [0.15, 0.2) is 54.6 Å². The van der Waals surface area contributed by atoms with E-state index in [4.69, 9.17) is 5.26 Å². The molecular formula is C19H20N2O. The summed E-state index contributed by atoms with van der Waals surface area (Å²) in [5.74, 6) is 0.527. The summed E-state index contributed by atoms with van der Waals surface area (Å²) in [6.45, 7) is 2.92. The Morgan fingerprint density at radius 2 is 1.91 bits per heavy atom. The molecule has 2 aromatic rings. The van der Waals surface area contributed by atoms with Gasteiger partial charge < -0.3 is 5.11 Å². The third-order valence-corrected chi connectivity index (χ3v) is 4.44. The maximum absolute atomic E-state index is 9.72. The molecule has 3 heteroatoms. The molecule has 1 aliphatic heterocycles. The molecule has 0 spiro atoms. The third kappa shape index (κ3) is 3.19. The highest BCUT2D eigenvalue weighted by Gasteiger charge is 2.33. The number of aliphatic hydroxyl groups excluding tert-OH is 1. The maximum Gasteiger partial charge on any atom is 0.0991 e. The van der Waals surface area contributed by atoms with Crippen molar-refractivity contribution in [3.8, 4) is 6.07 Å². The first-order valence-corrected chi connectivity index (χ1v) is 7.67. The number of hydrogen-bond acceptors (Lipinski definition) is 3. The predicted octanol–water partition coefficient (Wildman–Crippen LogP) is 2.77. The van der Waals surface area contributed by atoms with Gasteiger partial charge in [-0.15, -0.1) is 0 Å². The van der Waals surface area contributed by atoms with Gasteiger partial charge in [-0.05, 0) is 23.3 Å². The second-order valence-corrected chi connectivity index (χ2v) is 5.97. The molecule has 0 saturated carbocycles. The van der Waals surface area contributed by atoms with E-state index >= 15 is 0 Å². The molecule has 0 amide bonds. The van der Waals surface area contributed by atoms with Crippen LogP contribution < -0.4 is 0 Å². The van der Waals surface area contributed by atoms with Gasteiger partial charge in [0.15, 0.2) is 0 Å². The number of hydrogen-bond donors (Lipinski definition) is 1. The zero-order chi connectivity index (χ0) is 15.4. The van der Waals surface area contributed by atoms with Gasteiger partial charge >= 0.3 is 0 Å². The molecular weight excluding hydrogens is 272 g/mol. The van der Waals surface area contributed by atoms with E-state index < -0.39 is 0 Å². The summed E-state index contributed by atoms with van der Waals surface area (Å²) in [5.41, 5.74) is 3.15. The number of nitrogens with zero attached hydrogens (tertiary/aromatic N) is 2. The zero-order valence-corrected chi connectivity index (χ0v) is 12.5. The molecule has 1 saturated heterocycles. The average Bonchev–Trinajstić information content (AvgIpc) is 2.99. The van der Waals surface area contributed by atoms with E-state index in [-0.39, 0.29) is 12.5 Å². The van der Waals surface area contributed by atoms with Gasteiger partial charge in [0.1, 0.15) is 0 Å². The lowest BCUT2D eigenvalue weighted by Gasteiger charge is -2.17. The lowest BCUT2D eigenvalue weighted by Crippen LogP contribution is -2.20. The maximum atomic E-state index is 9.72. The Morgan fingerprint density at radius 3 is 2.64 bits per heavy atom. The third-order valence-electron chi connectivity index (χ3n) is 4.44. The summed E-state index contributed by atoms with van der Waals surface area (Å²) in [7, 11) is 0. The van der Waals surface area contributed by atoms with Crippen molar-refractivity contribution in [2.75, 3.05) is 19.7 Å². The fourth-order valence-corrected chi connectivity index (χ4v) is 3.33. The van der Waals surface area contributed by atoms with Gasteiger partial charge in [0, 0.05) is 38.1 Å². The van der Waals surface area contributed by atoms with Crippen molar-refractivity contribution >= 4 is 0 Å². The zero-order valence-electron chi connectivity index (χ0n) is 12.5. The molecule has 1 heterocycles. The van der Waals surface area contributed by atoms with E-state index in [0.29, 0.717) is 11.5 Å². The van der Waals surface area contributed by atoms with Gasteiger partial charge in [0.2, 0.25) is 0 Å². The van der Waals surface area contributed by atoms with Crippen LogP contribution >= 0.6 is 0 Å². The second-order valence-electron chi connectivity index (χ2n) is 5.97. The Bertz CT molecular complexity index is 663. The molecule has 3 nitrogen and oxygen atoms in total. The van der Waals surface area contributed by atoms with E-state index in [1.807, 2.05) is 24.3 Å². The molecule has 2 aromatic carbocycles. The van der Waals surface area contributed by atoms with E-state index in [1.165, 1.54) is 5.56 Å². The number of likely N-dealkylation sites (tertiary alicyclic amines) is 1. The van der Waals surface area contributed by atoms with Gasteiger partial charge in [-0.2, -0.15) is 5.26 Å². The summed E-state index contributed by atoms with van der Waals surface area (Å²) < 4.78 is 0. The van der Waals surface area contributed by atoms with Crippen molar-refractivity contribution in [2.24, 2.45) is 5.92 Å². The van der Waals surface area contributed by atoms with E-state index in [9.17, 15) is 5.11 Å². The normalized spacial score (nSPS) is 21.6. The van der Waals surface area contributed by atoms with E-state index in [2.05, 4.69) is 41.3 Å². The van der Waals surface area contributed by atoms with Crippen LogP contribution in [0.2, 0.25) is 0 Å². The van der Waals surface area contributed by atoms with Gasteiger partial charge in [0.25, 0.3) is 0 Å². The summed E-state index contributed by atoms with van der Waals surface area (Å²) in [6, 6.07) is 20.4. The second kappa shape index (κ2) is 6.74. The molecule has 22 heavy (non-hydrogen) atoms. The molecule has 112 valence electrons. The number of rotatable bonds is 4. The van der Waals surface area contributed by atoms with Gasteiger partial charge in [-0.3, -0.25) is 4.90 Å². The highest BCUT2D eigenvalue weighted by Crippen LogP contribution is 2.33. The van der Waals surface area contributed by atoms with Crippen LogP contribution in [0.25, 0.3) is 0 Å². The fourth-order valence-electron chi connectivity index (χ4n) is 3.33. The standard InChI is InChI=1S/C19H20N2O/c20-10-16-7-4-8-17(9-16)19-13-21(12-18(19)14-22)11-15-5-2-1-3-6-15/h1-9,18-19,22H,11-14H2/t18-,19-/m1/s1. The Hall–Kier alpha value is -2.15. The lowest BCUT2D eigenvalue weighted by atomic mass is 9.89. The number of benzene rings is 2.